The first-order chi connectivity index (χ1) is 11.4. The molecule has 1 aliphatic carbocycles. The van der Waals surface area contributed by atoms with Crippen LogP contribution in [0.25, 0.3) is 0 Å². The van der Waals surface area contributed by atoms with Crippen molar-refractivity contribution in [2.45, 2.75) is 49.3 Å². The minimum absolute atomic E-state index is 0.000160. The number of β-lactam (4-membered cyclic amide) rings is 1. The Morgan fingerprint density at radius 3 is 2.79 bits per heavy atom. The number of hydrogen-bond acceptors (Lipinski definition) is 3. The molecule has 2 amide bonds. The number of fused-ring (bicyclic) bond motifs is 2. The van der Waals surface area contributed by atoms with Crippen LogP contribution in [-0.4, -0.2) is 32.9 Å². The van der Waals surface area contributed by atoms with E-state index in [1.54, 1.807) is 16.7 Å². The van der Waals surface area contributed by atoms with Gasteiger partial charge >= 0.3 is 0 Å². The molecule has 4 rings (SSSR count). The van der Waals surface area contributed by atoms with Gasteiger partial charge in [0, 0.05) is 11.6 Å². The number of nitrogens with one attached hydrogen (secondary N) is 1. The van der Waals surface area contributed by atoms with E-state index < -0.39 is 6.04 Å². The maximum atomic E-state index is 12.7. The van der Waals surface area contributed by atoms with E-state index in [-0.39, 0.29) is 27.9 Å². The molecule has 1 unspecified atom stereocenters. The number of amides is 2. The fraction of sp³-hybridized carbons (Fsp3) is 0.474. The van der Waals surface area contributed by atoms with Gasteiger partial charge in [-0.15, -0.1) is 11.8 Å². The number of thioether (sulfide) groups is 1. The normalized spacial score (nSPS) is 30.4. The number of benzene rings is 1. The summed E-state index contributed by atoms with van der Waals surface area (Å²) in [5.74, 6) is -0.0459. The molecule has 1 aromatic carbocycles. The van der Waals surface area contributed by atoms with Crippen molar-refractivity contribution in [3.8, 4) is 0 Å². The van der Waals surface area contributed by atoms with Gasteiger partial charge in [-0.1, -0.05) is 30.8 Å². The Morgan fingerprint density at radius 1 is 1.33 bits per heavy atom. The second-order valence-electron chi connectivity index (χ2n) is 7.37. The van der Waals surface area contributed by atoms with Gasteiger partial charge in [-0.05, 0) is 44.2 Å². The minimum Gasteiger partial charge on any atom is -0.341 e. The topological polar surface area (TPSA) is 49.4 Å². The first-order valence-corrected chi connectivity index (χ1v) is 9.34. The van der Waals surface area contributed by atoms with Crippen molar-refractivity contribution < 1.29 is 9.59 Å². The van der Waals surface area contributed by atoms with E-state index in [4.69, 9.17) is 0 Å². The maximum absolute atomic E-state index is 12.7. The van der Waals surface area contributed by atoms with Gasteiger partial charge in [-0.2, -0.15) is 0 Å². The fourth-order valence-corrected chi connectivity index (χ4v) is 5.35. The summed E-state index contributed by atoms with van der Waals surface area (Å²) in [5, 5.41) is 3.00. The third-order valence-electron chi connectivity index (χ3n) is 5.46. The largest absolute Gasteiger partial charge is 0.341 e. The molecule has 4 nitrogen and oxygen atoms in total. The van der Waals surface area contributed by atoms with Crippen LogP contribution < -0.4 is 5.32 Å². The molecule has 24 heavy (non-hydrogen) atoms. The summed E-state index contributed by atoms with van der Waals surface area (Å²) >= 11 is 1.71. The van der Waals surface area contributed by atoms with E-state index >= 15 is 0 Å². The lowest BCUT2D eigenvalue weighted by Gasteiger charge is -2.42. The third kappa shape index (κ3) is 2.29. The van der Waals surface area contributed by atoms with Gasteiger partial charge in [-0.3, -0.25) is 14.5 Å². The summed E-state index contributed by atoms with van der Waals surface area (Å²) in [7, 11) is 0. The van der Waals surface area contributed by atoms with Crippen LogP contribution in [0.5, 0.6) is 0 Å². The van der Waals surface area contributed by atoms with E-state index in [0.29, 0.717) is 0 Å². The molecular weight excluding hydrogens is 320 g/mol. The molecule has 0 radical (unpaired) electrons. The van der Waals surface area contributed by atoms with Crippen LogP contribution in [0.1, 0.15) is 31.4 Å². The smallest absolute Gasteiger partial charge is 0.253 e. The van der Waals surface area contributed by atoms with E-state index in [1.807, 2.05) is 12.1 Å². The molecule has 3 aliphatic rings. The number of carbonyl (C=O) groups is 2. The molecule has 2 fully saturated rings. The van der Waals surface area contributed by atoms with Crippen molar-refractivity contribution in [1.29, 1.82) is 0 Å². The van der Waals surface area contributed by atoms with Crippen molar-refractivity contribution >= 4 is 23.6 Å². The van der Waals surface area contributed by atoms with Gasteiger partial charge in [0.05, 0.1) is 4.75 Å². The van der Waals surface area contributed by atoms with Gasteiger partial charge < -0.3 is 5.32 Å². The number of nitrogens with zero attached hydrogens (tertiary/aromatic N) is 1. The monoisotopic (exact) mass is 342 g/mol. The van der Waals surface area contributed by atoms with Crippen LogP contribution in [0.15, 0.2) is 36.5 Å². The zero-order valence-electron chi connectivity index (χ0n) is 14.0. The molecule has 2 saturated heterocycles. The summed E-state index contributed by atoms with van der Waals surface area (Å²) in [5.41, 5.74) is 3.45. The van der Waals surface area contributed by atoms with Crippen LogP contribution in [0.2, 0.25) is 0 Å². The maximum Gasteiger partial charge on any atom is 0.253 e. The average molecular weight is 342 g/mol. The van der Waals surface area contributed by atoms with Gasteiger partial charge in [0.15, 0.2) is 0 Å². The predicted molar refractivity (Wildman–Crippen MR) is 95.3 cm³/mol. The SMILES string of the molecule is C=C1N2C(=O)[C@@H](NC(=O)C3CCc4ccccc4C3)[C@H]2SC1(C)C. The average Bonchev–Trinajstić information content (AvgIpc) is 2.79. The first-order valence-electron chi connectivity index (χ1n) is 8.46. The zero-order valence-corrected chi connectivity index (χ0v) is 14.9. The molecule has 3 atom stereocenters. The van der Waals surface area contributed by atoms with Crippen LogP contribution in [0.3, 0.4) is 0 Å². The summed E-state index contributed by atoms with van der Waals surface area (Å²) in [4.78, 5) is 26.8. The van der Waals surface area contributed by atoms with E-state index in [2.05, 4.69) is 37.9 Å². The Hall–Kier alpha value is -1.75. The van der Waals surface area contributed by atoms with Crippen LogP contribution in [0, 0.1) is 5.92 Å². The summed E-state index contributed by atoms with van der Waals surface area (Å²) in [6.07, 6.45) is 2.55. The summed E-state index contributed by atoms with van der Waals surface area (Å²) < 4.78 is -0.149. The lowest BCUT2D eigenvalue weighted by Crippen LogP contribution is -2.67. The predicted octanol–water partition coefficient (Wildman–Crippen LogP) is 2.48. The highest BCUT2D eigenvalue weighted by Crippen LogP contribution is 2.52. The Kier molecular flexibility index (Phi) is 3.53. The Morgan fingerprint density at radius 2 is 2.04 bits per heavy atom. The second-order valence-corrected chi connectivity index (χ2v) is 9.11. The van der Waals surface area contributed by atoms with Crippen molar-refractivity contribution in [3.05, 3.63) is 47.7 Å². The fourth-order valence-electron chi connectivity index (χ4n) is 3.86. The zero-order chi connectivity index (χ0) is 17.1. The van der Waals surface area contributed by atoms with Crippen LogP contribution in [0.4, 0.5) is 0 Å². The summed E-state index contributed by atoms with van der Waals surface area (Å²) in [6, 6.07) is 7.91. The number of aryl methyl sites for hydroxylation is 1. The summed E-state index contributed by atoms with van der Waals surface area (Å²) in [6.45, 7) is 8.18. The van der Waals surface area contributed by atoms with E-state index in [1.165, 1.54) is 11.1 Å². The molecule has 2 heterocycles. The number of carbonyl (C=O) groups excluding carboxylic acids is 2. The standard InChI is InChI=1S/C19H22N2O2S/c1-11-19(2,3)24-18-15(17(23)21(11)18)20-16(22)14-9-8-12-6-4-5-7-13(12)10-14/h4-7,14-15,18H,1,8-10H2,2-3H3,(H,20,22)/t14?,15-,18-/m1/s1. The van der Waals surface area contributed by atoms with Crippen molar-refractivity contribution in [3.63, 3.8) is 0 Å². The second kappa shape index (κ2) is 5.38. The van der Waals surface area contributed by atoms with Gasteiger partial charge in [-0.25, -0.2) is 0 Å². The third-order valence-corrected chi connectivity index (χ3v) is 7.01. The molecule has 2 aliphatic heterocycles. The van der Waals surface area contributed by atoms with E-state index in [9.17, 15) is 9.59 Å². The van der Waals surface area contributed by atoms with Crippen LogP contribution >= 0.6 is 11.8 Å². The molecule has 0 aromatic heterocycles. The lowest BCUT2D eigenvalue weighted by atomic mass is 9.83. The van der Waals surface area contributed by atoms with Crippen LogP contribution in [-0.2, 0) is 22.4 Å². The molecular formula is C19H22N2O2S. The molecule has 1 aromatic rings. The molecule has 1 N–H and O–H groups in total. The highest BCUT2D eigenvalue weighted by atomic mass is 32.2. The molecule has 5 heteroatoms. The lowest BCUT2D eigenvalue weighted by molar-refractivity contribution is -0.146. The van der Waals surface area contributed by atoms with Gasteiger partial charge in [0.25, 0.3) is 5.91 Å². The Bertz CT molecular complexity index is 743. The Labute approximate surface area is 146 Å². The molecule has 0 saturated carbocycles. The van der Waals surface area contributed by atoms with Crippen molar-refractivity contribution in [1.82, 2.24) is 10.2 Å². The number of hydrogen-bond donors (Lipinski definition) is 1. The van der Waals surface area contributed by atoms with E-state index in [0.717, 1.165) is 25.0 Å². The number of rotatable bonds is 2. The van der Waals surface area contributed by atoms with Crippen molar-refractivity contribution in [2.75, 3.05) is 0 Å². The highest BCUT2D eigenvalue weighted by molar-refractivity contribution is 8.01. The van der Waals surface area contributed by atoms with Gasteiger partial charge in [0.2, 0.25) is 5.91 Å². The molecule has 126 valence electrons. The molecule has 0 bridgehead atoms. The van der Waals surface area contributed by atoms with Crippen molar-refractivity contribution in [2.24, 2.45) is 5.92 Å². The van der Waals surface area contributed by atoms with Gasteiger partial charge in [0.1, 0.15) is 11.4 Å². The Balaban J connectivity index is 1.43. The highest BCUT2D eigenvalue weighted by Gasteiger charge is 2.59. The quantitative estimate of drug-likeness (QED) is 0.840. The minimum atomic E-state index is -0.404. The molecule has 0 spiro atoms. The first kappa shape index (κ1) is 15.8.